The lowest BCUT2D eigenvalue weighted by Gasteiger charge is -2.45. The number of para-hydroxylation sites is 1. The number of hydrogen-bond acceptors (Lipinski definition) is 5. The molecule has 2 fully saturated rings. The van der Waals surface area contributed by atoms with E-state index in [1.807, 2.05) is 25.1 Å². The quantitative estimate of drug-likeness (QED) is 0.779. The maximum Gasteiger partial charge on any atom is 0.248 e. The van der Waals surface area contributed by atoms with E-state index in [0.29, 0.717) is 5.69 Å². The number of fused-ring (bicyclic) bond motifs is 1. The molecule has 126 valence electrons. The number of rotatable bonds is 2. The Labute approximate surface area is 145 Å². The van der Waals surface area contributed by atoms with Crippen LogP contribution in [0.5, 0.6) is 0 Å². The number of thiocarbonyl (C=S) groups is 1. The largest absolute Gasteiger partial charge is 0.324 e. The summed E-state index contributed by atoms with van der Waals surface area (Å²) in [6, 6.07) is 6.58. The van der Waals surface area contributed by atoms with Gasteiger partial charge in [-0.1, -0.05) is 18.2 Å². The second kappa shape index (κ2) is 5.64. The molecular weight excluding hydrogens is 328 g/mol. The number of carbonyl (C=O) groups is 3. The molecular formula is C16H18N4O3S. The van der Waals surface area contributed by atoms with E-state index in [1.165, 1.54) is 10.0 Å². The first-order chi connectivity index (χ1) is 11.2. The second-order valence-corrected chi connectivity index (χ2v) is 6.78. The van der Waals surface area contributed by atoms with Gasteiger partial charge in [0.1, 0.15) is 11.6 Å². The molecule has 0 aliphatic carbocycles. The fourth-order valence-electron chi connectivity index (χ4n) is 2.99. The van der Waals surface area contributed by atoms with Gasteiger partial charge in [0.05, 0.1) is 6.42 Å². The Bertz CT molecular complexity index is 761. The number of hydrazine groups is 1. The summed E-state index contributed by atoms with van der Waals surface area (Å²) in [5.41, 5.74) is 0.524. The molecule has 2 aliphatic rings. The van der Waals surface area contributed by atoms with Crippen LogP contribution >= 0.6 is 12.2 Å². The van der Waals surface area contributed by atoms with Crippen LogP contribution < -0.4 is 10.6 Å². The highest BCUT2D eigenvalue weighted by atomic mass is 32.1. The van der Waals surface area contributed by atoms with Gasteiger partial charge in [-0.25, -0.2) is 5.01 Å². The molecule has 2 heterocycles. The Hall–Kier alpha value is -2.32. The summed E-state index contributed by atoms with van der Waals surface area (Å²) in [4.78, 5) is 37.3. The number of amides is 3. The van der Waals surface area contributed by atoms with Crippen molar-refractivity contribution in [2.24, 2.45) is 0 Å². The monoisotopic (exact) mass is 346 g/mol. The molecule has 0 unspecified atom stereocenters. The molecule has 1 aromatic carbocycles. The molecule has 0 bridgehead atoms. The average molecular weight is 346 g/mol. The molecule has 7 nitrogen and oxygen atoms in total. The Morgan fingerprint density at radius 1 is 1.33 bits per heavy atom. The van der Waals surface area contributed by atoms with Crippen LogP contribution in [-0.4, -0.2) is 44.4 Å². The predicted molar refractivity (Wildman–Crippen MR) is 91.7 cm³/mol. The zero-order valence-corrected chi connectivity index (χ0v) is 14.4. The topological polar surface area (TPSA) is 81.8 Å². The van der Waals surface area contributed by atoms with Gasteiger partial charge in [-0.15, -0.1) is 0 Å². The van der Waals surface area contributed by atoms with Gasteiger partial charge in [-0.2, -0.15) is 5.01 Å². The Balaban J connectivity index is 1.92. The maximum absolute atomic E-state index is 12.8. The van der Waals surface area contributed by atoms with E-state index >= 15 is 0 Å². The lowest BCUT2D eigenvalue weighted by atomic mass is 10.00. The first kappa shape index (κ1) is 16.5. The number of anilines is 1. The van der Waals surface area contributed by atoms with Crippen LogP contribution in [0.2, 0.25) is 0 Å². The Morgan fingerprint density at radius 2 is 2.00 bits per heavy atom. The van der Waals surface area contributed by atoms with Gasteiger partial charge in [-0.3, -0.25) is 19.7 Å². The van der Waals surface area contributed by atoms with Crippen LogP contribution in [0, 0.1) is 6.92 Å². The smallest absolute Gasteiger partial charge is 0.248 e. The number of carbonyl (C=O) groups excluding carboxylic acids is 3. The summed E-state index contributed by atoms with van der Waals surface area (Å²) < 4.78 is 0. The van der Waals surface area contributed by atoms with Crippen LogP contribution in [-0.2, 0) is 14.4 Å². The second-order valence-electron chi connectivity index (χ2n) is 6.39. The number of hydrogen-bond donors (Lipinski definition) is 2. The van der Waals surface area contributed by atoms with Gasteiger partial charge in [0.25, 0.3) is 0 Å². The summed E-state index contributed by atoms with van der Waals surface area (Å²) >= 11 is 5.09. The molecule has 0 aromatic heterocycles. The van der Waals surface area contributed by atoms with Crippen LogP contribution in [0.3, 0.4) is 0 Å². The highest BCUT2D eigenvalue weighted by molar-refractivity contribution is 7.80. The molecule has 0 saturated carbocycles. The molecule has 3 rings (SSSR count). The maximum atomic E-state index is 12.8. The van der Waals surface area contributed by atoms with E-state index < -0.39 is 11.6 Å². The van der Waals surface area contributed by atoms with Crippen LogP contribution in [0.15, 0.2) is 24.3 Å². The van der Waals surface area contributed by atoms with Crippen LogP contribution in [0.25, 0.3) is 0 Å². The molecule has 3 amide bonds. The van der Waals surface area contributed by atoms with Crippen molar-refractivity contribution >= 4 is 40.7 Å². The van der Waals surface area contributed by atoms with Gasteiger partial charge in [0.2, 0.25) is 17.7 Å². The third-order valence-electron chi connectivity index (χ3n) is 4.36. The first-order valence-electron chi connectivity index (χ1n) is 7.57. The van der Waals surface area contributed by atoms with Crippen molar-refractivity contribution in [3.05, 3.63) is 29.8 Å². The van der Waals surface area contributed by atoms with Crippen molar-refractivity contribution in [3.8, 4) is 0 Å². The summed E-state index contributed by atoms with van der Waals surface area (Å²) in [6.07, 6.45) is -0.0315. The highest BCUT2D eigenvalue weighted by Gasteiger charge is 2.56. The summed E-state index contributed by atoms with van der Waals surface area (Å²) in [6.45, 7) is 5.20. The van der Waals surface area contributed by atoms with Gasteiger partial charge in [0, 0.05) is 5.69 Å². The minimum absolute atomic E-state index is 0.00974. The van der Waals surface area contributed by atoms with E-state index in [9.17, 15) is 14.4 Å². The number of benzene rings is 1. The summed E-state index contributed by atoms with van der Waals surface area (Å²) in [5.74, 6) is -0.990. The fraction of sp³-hybridized carbons (Fsp3) is 0.375. The van der Waals surface area contributed by atoms with E-state index in [0.717, 1.165) is 5.56 Å². The Kier molecular flexibility index (Phi) is 3.89. The van der Waals surface area contributed by atoms with Gasteiger partial charge >= 0.3 is 0 Å². The first-order valence-corrected chi connectivity index (χ1v) is 7.98. The lowest BCUT2D eigenvalue weighted by molar-refractivity contribution is -0.154. The molecule has 1 atom stereocenters. The molecule has 1 aromatic rings. The predicted octanol–water partition coefficient (Wildman–Crippen LogP) is 0.945. The minimum Gasteiger partial charge on any atom is -0.324 e. The molecule has 0 radical (unpaired) electrons. The Morgan fingerprint density at radius 3 is 2.67 bits per heavy atom. The zero-order chi connectivity index (χ0) is 17.6. The third kappa shape index (κ3) is 2.47. The minimum atomic E-state index is -1.07. The van der Waals surface area contributed by atoms with Crippen molar-refractivity contribution in [1.82, 2.24) is 15.3 Å². The molecule has 8 heteroatoms. The van der Waals surface area contributed by atoms with Crippen molar-refractivity contribution in [3.63, 3.8) is 0 Å². The summed E-state index contributed by atoms with van der Waals surface area (Å²) in [7, 11) is 0. The lowest BCUT2D eigenvalue weighted by Crippen LogP contribution is -2.71. The number of nitrogens with zero attached hydrogens (tertiary/aromatic N) is 2. The molecule has 2 saturated heterocycles. The van der Waals surface area contributed by atoms with E-state index in [1.54, 1.807) is 19.9 Å². The van der Waals surface area contributed by atoms with Crippen LogP contribution in [0.4, 0.5) is 5.69 Å². The van der Waals surface area contributed by atoms with Crippen molar-refractivity contribution < 1.29 is 14.4 Å². The van der Waals surface area contributed by atoms with Gasteiger partial charge < -0.3 is 5.32 Å². The van der Waals surface area contributed by atoms with Crippen molar-refractivity contribution in [2.75, 3.05) is 5.32 Å². The standard InChI is InChI=1S/C16H18N4O3S/c1-9-6-4-5-7-10(9)17-13(22)11-8-12(21)19-15(24)18-14(23)16(2,3)20(11)19/h4-7,11H,8H2,1-3H3,(H,17,22)(H,18,23,24)/t11-/m0/s1. The molecule has 2 N–H and O–H groups in total. The average Bonchev–Trinajstić information content (AvgIpc) is 2.87. The SMILES string of the molecule is Cc1ccccc1NC(=O)[C@@H]1CC(=O)N2C(=S)NC(=O)C(C)(C)N12. The van der Waals surface area contributed by atoms with E-state index in [4.69, 9.17) is 12.2 Å². The molecule has 2 aliphatic heterocycles. The zero-order valence-electron chi connectivity index (χ0n) is 13.6. The summed E-state index contributed by atoms with van der Waals surface area (Å²) in [5, 5.41) is 8.06. The van der Waals surface area contributed by atoms with Crippen molar-refractivity contribution in [2.45, 2.75) is 38.8 Å². The third-order valence-corrected chi connectivity index (χ3v) is 4.64. The van der Waals surface area contributed by atoms with E-state index in [-0.39, 0.29) is 29.3 Å². The van der Waals surface area contributed by atoms with Gasteiger partial charge in [0.15, 0.2) is 5.11 Å². The molecule has 24 heavy (non-hydrogen) atoms. The van der Waals surface area contributed by atoms with Crippen LogP contribution in [0.1, 0.15) is 25.8 Å². The fourth-order valence-corrected chi connectivity index (χ4v) is 3.27. The highest BCUT2D eigenvalue weighted by Crippen LogP contribution is 2.33. The van der Waals surface area contributed by atoms with Crippen molar-refractivity contribution in [1.29, 1.82) is 0 Å². The van der Waals surface area contributed by atoms with E-state index in [2.05, 4.69) is 10.6 Å². The number of nitrogens with one attached hydrogen (secondary N) is 2. The number of aryl methyl sites for hydroxylation is 1. The normalized spacial score (nSPS) is 23.0. The van der Waals surface area contributed by atoms with Gasteiger partial charge in [-0.05, 0) is 44.6 Å². The molecule has 0 spiro atoms.